The highest BCUT2D eigenvalue weighted by Gasteiger charge is 2.24. The molecular weight excluding hydrogens is 452 g/mol. The number of anilines is 2. The molecule has 4 rings (SSSR count). The Hall–Kier alpha value is -4.26. The largest absolute Gasteiger partial charge is 0.325 e. The smallest absolute Gasteiger partial charge is 0.278 e. The number of aromatic nitrogens is 2. The second kappa shape index (κ2) is 10.2. The zero-order valence-corrected chi connectivity index (χ0v) is 21.2. The molecule has 0 saturated heterocycles. The molecule has 0 radical (unpaired) electrons. The zero-order chi connectivity index (χ0) is 26.0. The van der Waals surface area contributed by atoms with E-state index in [1.54, 1.807) is 50.2 Å². The summed E-state index contributed by atoms with van der Waals surface area (Å²) in [6, 6.07) is 17.5. The molecule has 3 aromatic carbocycles. The highest BCUT2D eigenvalue weighted by atomic mass is 16.2. The number of benzene rings is 3. The van der Waals surface area contributed by atoms with Gasteiger partial charge in [-0.2, -0.15) is 0 Å². The molecule has 1 unspecified atom stereocenters. The van der Waals surface area contributed by atoms with Crippen molar-refractivity contribution in [1.82, 2.24) is 9.55 Å². The van der Waals surface area contributed by atoms with Gasteiger partial charge in [-0.3, -0.25) is 19.0 Å². The van der Waals surface area contributed by atoms with Crippen molar-refractivity contribution >= 4 is 34.2 Å². The molecule has 0 saturated carbocycles. The molecule has 0 bridgehead atoms. The van der Waals surface area contributed by atoms with E-state index in [4.69, 9.17) is 0 Å². The van der Waals surface area contributed by atoms with Crippen LogP contribution in [0.1, 0.15) is 43.0 Å². The van der Waals surface area contributed by atoms with E-state index in [2.05, 4.69) is 15.6 Å². The van der Waals surface area contributed by atoms with E-state index in [-0.39, 0.29) is 17.5 Å². The number of para-hydroxylation sites is 3. The van der Waals surface area contributed by atoms with E-state index in [1.807, 2.05) is 45.0 Å². The Labute approximate surface area is 210 Å². The van der Waals surface area contributed by atoms with Gasteiger partial charge in [-0.1, -0.05) is 55.0 Å². The summed E-state index contributed by atoms with van der Waals surface area (Å²) in [5.41, 5.74) is 5.67. The topological polar surface area (TPSA) is 93.1 Å². The lowest BCUT2D eigenvalue weighted by Crippen LogP contribution is -2.33. The molecule has 7 nitrogen and oxygen atoms in total. The van der Waals surface area contributed by atoms with Gasteiger partial charge in [0.1, 0.15) is 11.7 Å². The van der Waals surface area contributed by atoms with E-state index in [1.165, 1.54) is 4.57 Å². The summed E-state index contributed by atoms with van der Waals surface area (Å²) in [4.78, 5) is 44.1. The Morgan fingerprint density at radius 3 is 2.28 bits per heavy atom. The first kappa shape index (κ1) is 24.9. The molecule has 36 heavy (non-hydrogen) atoms. The second-order valence-corrected chi connectivity index (χ2v) is 9.01. The summed E-state index contributed by atoms with van der Waals surface area (Å²) in [5, 5.41) is 5.87. The SMILES string of the molecule is CCC(=O)Nc1ccccc1-c1nc2ccccc2n(C(C)C(=O)Nc2c(C)cc(C)cc2C)c1=O. The van der Waals surface area contributed by atoms with Crippen LogP contribution in [-0.2, 0) is 9.59 Å². The lowest BCUT2D eigenvalue weighted by Gasteiger charge is -2.21. The fourth-order valence-electron chi connectivity index (χ4n) is 4.47. The van der Waals surface area contributed by atoms with Crippen molar-refractivity contribution in [1.29, 1.82) is 0 Å². The minimum absolute atomic E-state index is 0.167. The quantitative estimate of drug-likeness (QED) is 0.378. The van der Waals surface area contributed by atoms with Gasteiger partial charge in [0.05, 0.1) is 16.7 Å². The molecule has 0 aliphatic rings. The molecule has 184 valence electrons. The maximum atomic E-state index is 13.9. The van der Waals surface area contributed by atoms with E-state index in [0.29, 0.717) is 28.7 Å². The van der Waals surface area contributed by atoms with E-state index in [0.717, 1.165) is 22.4 Å². The standard InChI is InChI=1S/C29H30N4O3/c1-6-25(34)30-22-12-8-7-11-21(22)27-29(36)33(24-14-10-9-13-23(24)31-27)20(5)28(35)32-26-18(3)15-17(2)16-19(26)4/h7-16,20H,6H2,1-5H3,(H,30,34)(H,32,35). The minimum atomic E-state index is -0.818. The molecule has 0 aliphatic heterocycles. The van der Waals surface area contributed by atoms with Gasteiger partial charge in [0.15, 0.2) is 0 Å². The van der Waals surface area contributed by atoms with Crippen LogP contribution in [0.5, 0.6) is 0 Å². The number of hydrogen-bond donors (Lipinski definition) is 2. The van der Waals surface area contributed by atoms with Crippen LogP contribution in [0.4, 0.5) is 11.4 Å². The van der Waals surface area contributed by atoms with E-state index < -0.39 is 11.6 Å². The Balaban J connectivity index is 1.85. The minimum Gasteiger partial charge on any atom is -0.325 e. The van der Waals surface area contributed by atoms with Crippen LogP contribution in [0, 0.1) is 20.8 Å². The van der Waals surface area contributed by atoms with Crippen LogP contribution < -0.4 is 16.2 Å². The third kappa shape index (κ3) is 4.77. The van der Waals surface area contributed by atoms with Crippen molar-refractivity contribution in [3.63, 3.8) is 0 Å². The van der Waals surface area contributed by atoms with Crippen LogP contribution in [0.15, 0.2) is 65.5 Å². The van der Waals surface area contributed by atoms with Crippen molar-refractivity contribution in [2.45, 2.75) is 47.1 Å². The van der Waals surface area contributed by atoms with Crippen molar-refractivity contribution in [3.8, 4) is 11.3 Å². The summed E-state index contributed by atoms with van der Waals surface area (Å²) in [7, 11) is 0. The Morgan fingerprint density at radius 1 is 0.944 bits per heavy atom. The molecule has 4 aromatic rings. The summed E-state index contributed by atoms with van der Waals surface area (Å²) >= 11 is 0. The van der Waals surface area contributed by atoms with Gasteiger partial charge in [-0.25, -0.2) is 4.98 Å². The van der Waals surface area contributed by atoms with Gasteiger partial charge in [0.2, 0.25) is 11.8 Å². The average molecular weight is 483 g/mol. The van der Waals surface area contributed by atoms with Gasteiger partial charge in [0, 0.05) is 17.7 Å². The van der Waals surface area contributed by atoms with Gasteiger partial charge in [-0.05, 0) is 57.0 Å². The van der Waals surface area contributed by atoms with E-state index in [9.17, 15) is 14.4 Å². The Bertz CT molecular complexity index is 1510. The van der Waals surface area contributed by atoms with Crippen molar-refractivity contribution in [2.24, 2.45) is 0 Å². The van der Waals surface area contributed by atoms with Gasteiger partial charge in [-0.15, -0.1) is 0 Å². The number of fused-ring (bicyclic) bond motifs is 1. The van der Waals surface area contributed by atoms with Crippen molar-refractivity contribution in [3.05, 3.63) is 87.7 Å². The maximum Gasteiger partial charge on any atom is 0.278 e. The van der Waals surface area contributed by atoms with Crippen LogP contribution in [0.3, 0.4) is 0 Å². The summed E-state index contributed by atoms with van der Waals surface area (Å²) in [5.74, 6) is -0.470. The molecule has 7 heteroatoms. The Kier molecular flexibility index (Phi) is 7.01. The number of carbonyl (C=O) groups is 2. The number of nitrogens with one attached hydrogen (secondary N) is 2. The zero-order valence-electron chi connectivity index (χ0n) is 21.2. The first-order chi connectivity index (χ1) is 17.2. The molecule has 0 fully saturated rings. The third-order valence-corrected chi connectivity index (χ3v) is 6.26. The molecular formula is C29H30N4O3. The lowest BCUT2D eigenvalue weighted by atomic mass is 10.0. The van der Waals surface area contributed by atoms with Crippen LogP contribution in [-0.4, -0.2) is 21.4 Å². The summed E-state index contributed by atoms with van der Waals surface area (Å²) in [6.07, 6.45) is 0.304. The monoisotopic (exact) mass is 482 g/mol. The number of nitrogens with zero attached hydrogens (tertiary/aromatic N) is 2. The molecule has 1 atom stereocenters. The van der Waals surface area contributed by atoms with E-state index >= 15 is 0 Å². The fraction of sp³-hybridized carbons (Fsp3) is 0.241. The van der Waals surface area contributed by atoms with Gasteiger partial charge < -0.3 is 10.6 Å². The third-order valence-electron chi connectivity index (χ3n) is 6.26. The summed E-state index contributed by atoms with van der Waals surface area (Å²) in [6.45, 7) is 9.38. The first-order valence-electron chi connectivity index (χ1n) is 12.0. The number of aryl methyl sites for hydroxylation is 3. The van der Waals surface area contributed by atoms with Crippen molar-refractivity contribution < 1.29 is 9.59 Å². The maximum absolute atomic E-state index is 13.9. The van der Waals surface area contributed by atoms with Gasteiger partial charge >= 0.3 is 0 Å². The molecule has 0 aliphatic carbocycles. The first-order valence-corrected chi connectivity index (χ1v) is 12.0. The molecule has 1 aromatic heterocycles. The highest BCUT2D eigenvalue weighted by Crippen LogP contribution is 2.28. The molecule has 2 amide bonds. The number of amides is 2. The Morgan fingerprint density at radius 2 is 1.58 bits per heavy atom. The molecule has 1 heterocycles. The highest BCUT2D eigenvalue weighted by molar-refractivity contribution is 5.97. The predicted octanol–water partition coefficient (Wildman–Crippen LogP) is 5.54. The number of carbonyl (C=O) groups excluding carboxylic acids is 2. The summed E-state index contributed by atoms with van der Waals surface area (Å²) < 4.78 is 1.48. The van der Waals surface area contributed by atoms with Crippen LogP contribution >= 0.6 is 0 Å². The van der Waals surface area contributed by atoms with Crippen molar-refractivity contribution in [2.75, 3.05) is 10.6 Å². The average Bonchev–Trinajstić information content (AvgIpc) is 2.85. The number of rotatable bonds is 6. The molecule has 2 N–H and O–H groups in total. The van der Waals surface area contributed by atoms with Crippen LogP contribution in [0.2, 0.25) is 0 Å². The predicted molar refractivity (Wildman–Crippen MR) is 144 cm³/mol. The van der Waals surface area contributed by atoms with Crippen LogP contribution in [0.25, 0.3) is 22.3 Å². The molecule has 0 spiro atoms. The number of hydrogen-bond acceptors (Lipinski definition) is 4. The lowest BCUT2D eigenvalue weighted by molar-refractivity contribution is -0.119. The fourth-order valence-corrected chi connectivity index (χ4v) is 4.47. The van der Waals surface area contributed by atoms with Gasteiger partial charge in [0.25, 0.3) is 5.56 Å². The normalized spacial score (nSPS) is 11.8. The second-order valence-electron chi connectivity index (χ2n) is 9.01.